The lowest BCUT2D eigenvalue weighted by Gasteiger charge is -2.32. The topological polar surface area (TPSA) is 77.7 Å². The second-order valence-corrected chi connectivity index (χ2v) is 9.42. The van der Waals surface area contributed by atoms with Crippen LogP contribution in [0.25, 0.3) is 22.2 Å². The Labute approximate surface area is 205 Å². The quantitative estimate of drug-likeness (QED) is 0.252. The average molecular weight is 475 g/mol. The van der Waals surface area contributed by atoms with Gasteiger partial charge in [-0.3, -0.25) is 0 Å². The molecule has 0 amide bonds. The van der Waals surface area contributed by atoms with Gasteiger partial charge < -0.3 is 20.9 Å². The van der Waals surface area contributed by atoms with E-state index in [4.69, 9.17) is 11.6 Å². The SMILES string of the molecule is CN[C@@H](CN[C@@H]1CCC[C@@H](Nc2cc(-c3c[nH]c4ncccc34)cc(Cl)n2)C1)c1ccccc1. The Morgan fingerprint density at radius 2 is 1.94 bits per heavy atom. The Morgan fingerprint density at radius 1 is 1.09 bits per heavy atom. The summed E-state index contributed by atoms with van der Waals surface area (Å²) in [5.74, 6) is 0.823. The van der Waals surface area contributed by atoms with Crippen molar-refractivity contribution in [2.24, 2.45) is 0 Å². The first kappa shape index (κ1) is 22.8. The van der Waals surface area contributed by atoms with Gasteiger partial charge in [-0.1, -0.05) is 41.9 Å². The molecular formula is C27H31ClN6. The number of nitrogens with zero attached hydrogens (tertiary/aromatic N) is 2. The average Bonchev–Trinajstić information content (AvgIpc) is 3.29. The van der Waals surface area contributed by atoms with Crippen LogP contribution in [0, 0.1) is 0 Å². The lowest BCUT2D eigenvalue weighted by molar-refractivity contribution is 0.339. The second kappa shape index (κ2) is 10.6. The molecule has 0 spiro atoms. The molecule has 0 unspecified atom stereocenters. The van der Waals surface area contributed by atoms with Crippen LogP contribution in [0.4, 0.5) is 5.82 Å². The summed E-state index contributed by atoms with van der Waals surface area (Å²) in [5.41, 5.74) is 4.30. The molecular weight excluding hydrogens is 444 g/mol. The van der Waals surface area contributed by atoms with Crippen LogP contribution in [0.3, 0.4) is 0 Å². The molecule has 0 radical (unpaired) electrons. The number of halogens is 1. The number of hydrogen-bond acceptors (Lipinski definition) is 5. The third-order valence-corrected chi connectivity index (χ3v) is 6.94. The van der Waals surface area contributed by atoms with E-state index in [1.165, 1.54) is 18.4 Å². The van der Waals surface area contributed by atoms with Crippen LogP contribution in [0.1, 0.15) is 37.3 Å². The van der Waals surface area contributed by atoms with Gasteiger partial charge in [-0.25, -0.2) is 9.97 Å². The third kappa shape index (κ3) is 5.25. The zero-order valence-electron chi connectivity index (χ0n) is 19.4. The van der Waals surface area contributed by atoms with Crippen molar-refractivity contribution in [3.8, 4) is 11.1 Å². The van der Waals surface area contributed by atoms with Crippen LogP contribution in [-0.2, 0) is 0 Å². The number of aromatic amines is 1. The number of nitrogens with one attached hydrogen (secondary N) is 4. The van der Waals surface area contributed by atoms with Crippen LogP contribution in [0.2, 0.25) is 5.15 Å². The first-order valence-corrected chi connectivity index (χ1v) is 12.4. The number of aromatic nitrogens is 3. The van der Waals surface area contributed by atoms with Gasteiger partial charge in [-0.15, -0.1) is 0 Å². The minimum Gasteiger partial charge on any atom is -0.367 e. The number of likely N-dealkylation sites (N-methyl/N-ethyl adjacent to an activating group) is 1. The van der Waals surface area contributed by atoms with Crippen molar-refractivity contribution < 1.29 is 0 Å². The molecule has 1 aliphatic rings. The number of H-pyrrole nitrogens is 1. The van der Waals surface area contributed by atoms with Crippen molar-refractivity contribution in [3.05, 3.63) is 77.7 Å². The lowest BCUT2D eigenvalue weighted by atomic mass is 9.90. The van der Waals surface area contributed by atoms with Crippen molar-refractivity contribution in [1.82, 2.24) is 25.6 Å². The number of pyridine rings is 2. The highest BCUT2D eigenvalue weighted by Gasteiger charge is 2.23. The van der Waals surface area contributed by atoms with Gasteiger partial charge in [0.1, 0.15) is 16.6 Å². The Hall–Kier alpha value is -2.93. The maximum atomic E-state index is 6.43. The molecule has 1 aliphatic carbocycles. The highest BCUT2D eigenvalue weighted by atomic mass is 35.5. The van der Waals surface area contributed by atoms with E-state index in [-0.39, 0.29) is 0 Å². The van der Waals surface area contributed by atoms with E-state index in [2.05, 4.69) is 73.4 Å². The standard InChI is InChI=1S/C27H31ClN6/c1-29-24(18-7-3-2-4-8-18)17-31-20-9-5-10-21(15-20)33-26-14-19(13-25(28)34-26)23-16-32-27-22(23)11-6-12-30-27/h2-4,6-8,11-14,16,20-21,24,29,31H,5,9-10,15,17H2,1H3,(H,30,32)(H,33,34)/t20-,21-,24+/m1/s1. The van der Waals surface area contributed by atoms with Crippen molar-refractivity contribution in [3.63, 3.8) is 0 Å². The molecule has 0 bridgehead atoms. The monoisotopic (exact) mass is 474 g/mol. The summed E-state index contributed by atoms with van der Waals surface area (Å²) in [5, 5.41) is 12.5. The second-order valence-electron chi connectivity index (χ2n) is 9.03. The maximum Gasteiger partial charge on any atom is 0.137 e. The van der Waals surface area contributed by atoms with E-state index in [0.717, 1.165) is 47.4 Å². The molecule has 4 aromatic rings. The van der Waals surface area contributed by atoms with Gasteiger partial charge in [0, 0.05) is 48.0 Å². The molecule has 6 nitrogen and oxygen atoms in total. The van der Waals surface area contributed by atoms with E-state index in [1.54, 1.807) is 6.20 Å². The van der Waals surface area contributed by atoms with Crippen LogP contribution in [0.5, 0.6) is 0 Å². The minimum atomic E-state index is 0.303. The molecule has 3 heterocycles. The normalized spacial score (nSPS) is 19.2. The van der Waals surface area contributed by atoms with Gasteiger partial charge in [0.2, 0.25) is 0 Å². The van der Waals surface area contributed by atoms with E-state index in [0.29, 0.717) is 23.3 Å². The summed E-state index contributed by atoms with van der Waals surface area (Å²) >= 11 is 6.43. The van der Waals surface area contributed by atoms with Crippen molar-refractivity contribution in [1.29, 1.82) is 0 Å². The van der Waals surface area contributed by atoms with Gasteiger partial charge in [0.25, 0.3) is 0 Å². The van der Waals surface area contributed by atoms with Gasteiger partial charge in [0.15, 0.2) is 0 Å². The highest BCUT2D eigenvalue weighted by Crippen LogP contribution is 2.31. The summed E-state index contributed by atoms with van der Waals surface area (Å²) in [4.78, 5) is 12.2. The molecule has 1 saturated carbocycles. The summed E-state index contributed by atoms with van der Waals surface area (Å²) in [6.45, 7) is 0.909. The third-order valence-electron chi connectivity index (χ3n) is 6.74. The number of anilines is 1. The van der Waals surface area contributed by atoms with Gasteiger partial charge in [0.05, 0.1) is 0 Å². The van der Waals surface area contributed by atoms with Crippen LogP contribution >= 0.6 is 11.6 Å². The first-order valence-electron chi connectivity index (χ1n) is 12.0. The molecule has 34 heavy (non-hydrogen) atoms. The molecule has 4 N–H and O–H groups in total. The largest absolute Gasteiger partial charge is 0.367 e. The molecule has 0 saturated heterocycles. The molecule has 5 rings (SSSR count). The van der Waals surface area contributed by atoms with Crippen molar-refractivity contribution in [2.45, 2.75) is 43.8 Å². The predicted molar refractivity (Wildman–Crippen MR) is 140 cm³/mol. The van der Waals surface area contributed by atoms with Crippen LogP contribution < -0.4 is 16.0 Å². The molecule has 176 valence electrons. The van der Waals surface area contributed by atoms with E-state index < -0.39 is 0 Å². The van der Waals surface area contributed by atoms with Gasteiger partial charge in [-0.05, 0) is 68.1 Å². The summed E-state index contributed by atoms with van der Waals surface area (Å²) < 4.78 is 0. The minimum absolute atomic E-state index is 0.303. The number of rotatable bonds is 8. The summed E-state index contributed by atoms with van der Waals surface area (Å²) in [6, 6.07) is 19.8. The van der Waals surface area contributed by atoms with E-state index in [1.807, 2.05) is 25.4 Å². The first-order chi connectivity index (χ1) is 16.7. The lowest BCUT2D eigenvalue weighted by Crippen LogP contribution is -2.42. The Morgan fingerprint density at radius 3 is 2.79 bits per heavy atom. The Kier molecular flexibility index (Phi) is 7.09. The zero-order chi connectivity index (χ0) is 23.3. The Bertz CT molecular complexity index is 1220. The van der Waals surface area contributed by atoms with Crippen molar-refractivity contribution >= 4 is 28.5 Å². The van der Waals surface area contributed by atoms with Gasteiger partial charge >= 0.3 is 0 Å². The van der Waals surface area contributed by atoms with E-state index >= 15 is 0 Å². The van der Waals surface area contributed by atoms with Crippen molar-refractivity contribution in [2.75, 3.05) is 18.9 Å². The predicted octanol–water partition coefficient (Wildman–Crippen LogP) is 5.55. The smallest absolute Gasteiger partial charge is 0.137 e. The molecule has 3 aromatic heterocycles. The molecule has 3 atom stereocenters. The molecule has 1 aromatic carbocycles. The number of fused-ring (bicyclic) bond motifs is 1. The highest BCUT2D eigenvalue weighted by molar-refractivity contribution is 6.29. The van der Waals surface area contributed by atoms with Gasteiger partial charge in [-0.2, -0.15) is 0 Å². The van der Waals surface area contributed by atoms with E-state index in [9.17, 15) is 0 Å². The fourth-order valence-corrected chi connectivity index (χ4v) is 5.20. The summed E-state index contributed by atoms with van der Waals surface area (Å²) in [6.07, 6.45) is 8.35. The number of hydrogen-bond donors (Lipinski definition) is 4. The zero-order valence-corrected chi connectivity index (χ0v) is 20.1. The molecule has 7 heteroatoms. The molecule has 1 fully saturated rings. The fourth-order valence-electron chi connectivity index (χ4n) is 4.99. The summed E-state index contributed by atoms with van der Waals surface area (Å²) in [7, 11) is 2.02. The Balaban J connectivity index is 1.25. The molecule has 0 aliphatic heterocycles. The van der Waals surface area contributed by atoms with Crippen LogP contribution in [0.15, 0.2) is 67.0 Å². The number of benzene rings is 1. The van der Waals surface area contributed by atoms with Crippen LogP contribution in [-0.4, -0.2) is 40.6 Å². The fraction of sp³-hybridized carbons (Fsp3) is 0.333. The maximum absolute atomic E-state index is 6.43.